The van der Waals surface area contributed by atoms with Crippen molar-refractivity contribution in [3.8, 4) is 17.2 Å². The van der Waals surface area contributed by atoms with Gasteiger partial charge >= 0.3 is 5.97 Å². The molecule has 26 heavy (non-hydrogen) atoms. The third-order valence-electron chi connectivity index (χ3n) is 3.64. The number of esters is 1. The number of ether oxygens (including phenoxy) is 3. The van der Waals surface area contributed by atoms with Crippen LogP contribution in [0.25, 0.3) is 6.08 Å². The number of hydrogen-bond acceptors (Lipinski definition) is 6. The van der Waals surface area contributed by atoms with Crippen molar-refractivity contribution in [2.75, 3.05) is 13.7 Å². The standard InChI is InChI=1S/C19H19NO6/c1-13-4-6-16(10-14(13)2)25-12-19(21)26-17-7-5-15(8-9-20(22)23)11-18(17)24-3/h4-11H,12H2,1-3H3. The summed E-state index contributed by atoms with van der Waals surface area (Å²) in [5.74, 6) is 0.488. The van der Waals surface area contributed by atoms with E-state index in [1.807, 2.05) is 26.0 Å². The first-order chi connectivity index (χ1) is 12.4. The van der Waals surface area contributed by atoms with Gasteiger partial charge in [0.2, 0.25) is 6.20 Å². The van der Waals surface area contributed by atoms with E-state index in [1.165, 1.54) is 25.3 Å². The minimum Gasteiger partial charge on any atom is -0.493 e. The zero-order chi connectivity index (χ0) is 19.1. The molecule has 0 bridgehead atoms. The normalized spacial score (nSPS) is 10.6. The molecule has 0 unspecified atom stereocenters. The lowest BCUT2D eigenvalue weighted by molar-refractivity contribution is -0.400. The monoisotopic (exact) mass is 357 g/mol. The molecule has 0 radical (unpaired) electrons. The maximum absolute atomic E-state index is 12.0. The Morgan fingerprint density at radius 2 is 1.88 bits per heavy atom. The van der Waals surface area contributed by atoms with Crippen LogP contribution >= 0.6 is 0 Å². The third kappa shape index (κ3) is 5.34. The van der Waals surface area contributed by atoms with Crippen molar-refractivity contribution in [3.05, 3.63) is 69.4 Å². The van der Waals surface area contributed by atoms with Crippen LogP contribution in [0.15, 0.2) is 42.6 Å². The van der Waals surface area contributed by atoms with Gasteiger partial charge < -0.3 is 14.2 Å². The van der Waals surface area contributed by atoms with Gasteiger partial charge in [0, 0.05) is 6.08 Å². The Morgan fingerprint density at radius 3 is 2.54 bits per heavy atom. The first-order valence-electron chi connectivity index (χ1n) is 7.79. The van der Waals surface area contributed by atoms with Crippen molar-refractivity contribution in [2.24, 2.45) is 0 Å². The van der Waals surface area contributed by atoms with E-state index < -0.39 is 10.9 Å². The van der Waals surface area contributed by atoms with Gasteiger partial charge in [-0.15, -0.1) is 0 Å². The van der Waals surface area contributed by atoms with Gasteiger partial charge in [-0.3, -0.25) is 10.1 Å². The number of benzene rings is 2. The first-order valence-corrected chi connectivity index (χ1v) is 7.79. The molecule has 2 rings (SSSR count). The summed E-state index contributed by atoms with van der Waals surface area (Å²) < 4.78 is 15.8. The maximum atomic E-state index is 12.0. The highest BCUT2D eigenvalue weighted by atomic mass is 16.6. The van der Waals surface area contributed by atoms with Gasteiger partial charge in [0.1, 0.15) is 5.75 Å². The van der Waals surface area contributed by atoms with E-state index in [1.54, 1.807) is 12.1 Å². The fraction of sp³-hybridized carbons (Fsp3) is 0.211. The van der Waals surface area contributed by atoms with E-state index in [4.69, 9.17) is 14.2 Å². The molecule has 0 aliphatic carbocycles. The lowest BCUT2D eigenvalue weighted by Crippen LogP contribution is -2.18. The van der Waals surface area contributed by atoms with Gasteiger partial charge in [0.05, 0.1) is 12.0 Å². The van der Waals surface area contributed by atoms with E-state index in [0.717, 1.165) is 17.3 Å². The van der Waals surface area contributed by atoms with Crippen LogP contribution in [0.5, 0.6) is 17.2 Å². The summed E-state index contributed by atoms with van der Waals surface area (Å²) >= 11 is 0. The maximum Gasteiger partial charge on any atom is 0.349 e. The van der Waals surface area contributed by atoms with Gasteiger partial charge in [-0.2, -0.15) is 0 Å². The summed E-state index contributed by atoms with van der Waals surface area (Å²) in [6, 6.07) is 10.2. The summed E-state index contributed by atoms with van der Waals surface area (Å²) in [7, 11) is 1.42. The van der Waals surface area contributed by atoms with Crippen molar-refractivity contribution in [2.45, 2.75) is 13.8 Å². The van der Waals surface area contributed by atoms with Crippen LogP contribution in [0.1, 0.15) is 16.7 Å². The summed E-state index contributed by atoms with van der Waals surface area (Å²) in [6.45, 7) is 3.69. The number of nitro groups is 1. The second-order valence-electron chi connectivity index (χ2n) is 5.52. The van der Waals surface area contributed by atoms with E-state index >= 15 is 0 Å². The molecule has 0 atom stereocenters. The van der Waals surface area contributed by atoms with Crippen LogP contribution < -0.4 is 14.2 Å². The molecule has 0 amide bonds. The molecule has 0 heterocycles. The summed E-state index contributed by atoms with van der Waals surface area (Å²) in [5, 5.41) is 10.4. The molecule has 0 saturated carbocycles. The Bertz CT molecular complexity index is 844. The van der Waals surface area contributed by atoms with E-state index in [2.05, 4.69) is 0 Å². The van der Waals surface area contributed by atoms with Crippen molar-refractivity contribution < 1.29 is 23.9 Å². The Balaban J connectivity index is 2.01. The highest BCUT2D eigenvalue weighted by Crippen LogP contribution is 2.28. The molecule has 2 aromatic rings. The SMILES string of the molecule is COc1cc(C=C[N+](=O)[O-])ccc1OC(=O)COc1ccc(C)c(C)c1. The average molecular weight is 357 g/mol. The lowest BCUT2D eigenvalue weighted by Gasteiger charge is -2.11. The van der Waals surface area contributed by atoms with Crippen LogP contribution in [0.4, 0.5) is 0 Å². The van der Waals surface area contributed by atoms with Gasteiger partial charge in [-0.1, -0.05) is 12.1 Å². The van der Waals surface area contributed by atoms with Crippen molar-refractivity contribution in [1.29, 1.82) is 0 Å². The van der Waals surface area contributed by atoms with E-state index in [-0.39, 0.29) is 18.1 Å². The summed E-state index contributed by atoms with van der Waals surface area (Å²) in [4.78, 5) is 21.8. The molecular weight excluding hydrogens is 338 g/mol. The van der Waals surface area contributed by atoms with Crippen LogP contribution in [-0.2, 0) is 4.79 Å². The Morgan fingerprint density at radius 1 is 1.12 bits per heavy atom. The molecule has 7 nitrogen and oxygen atoms in total. The van der Waals surface area contributed by atoms with E-state index in [9.17, 15) is 14.9 Å². The Kier molecular flexibility index (Phi) is 6.32. The topological polar surface area (TPSA) is 87.9 Å². The number of nitrogens with zero attached hydrogens (tertiary/aromatic N) is 1. The summed E-state index contributed by atoms with van der Waals surface area (Å²) in [6.07, 6.45) is 2.13. The number of hydrogen-bond donors (Lipinski definition) is 0. The highest BCUT2D eigenvalue weighted by Gasteiger charge is 2.12. The van der Waals surface area contributed by atoms with Crippen molar-refractivity contribution >= 4 is 12.0 Å². The van der Waals surface area contributed by atoms with Crippen LogP contribution in [0, 0.1) is 24.0 Å². The first kappa shape index (κ1) is 19.0. The predicted molar refractivity (Wildman–Crippen MR) is 96.1 cm³/mol. The molecule has 0 aromatic heterocycles. The van der Waals surface area contributed by atoms with Crippen molar-refractivity contribution in [1.82, 2.24) is 0 Å². The Hall–Kier alpha value is -3.35. The number of carbonyl (C=O) groups is 1. The van der Waals surface area contributed by atoms with Gasteiger partial charge in [-0.25, -0.2) is 4.79 Å². The largest absolute Gasteiger partial charge is 0.493 e. The van der Waals surface area contributed by atoms with E-state index in [0.29, 0.717) is 11.3 Å². The van der Waals surface area contributed by atoms with Crippen molar-refractivity contribution in [3.63, 3.8) is 0 Å². The van der Waals surface area contributed by atoms with Crippen LogP contribution in [0.2, 0.25) is 0 Å². The Labute approximate surface area is 151 Å². The fourth-order valence-corrected chi connectivity index (χ4v) is 2.12. The van der Waals surface area contributed by atoms with Crippen LogP contribution in [-0.4, -0.2) is 24.6 Å². The zero-order valence-corrected chi connectivity index (χ0v) is 14.7. The number of rotatable bonds is 7. The molecule has 0 aliphatic rings. The lowest BCUT2D eigenvalue weighted by atomic mass is 10.1. The number of methoxy groups -OCH3 is 1. The second-order valence-corrected chi connectivity index (χ2v) is 5.52. The molecule has 0 fully saturated rings. The van der Waals surface area contributed by atoms with Gasteiger partial charge in [-0.05, 0) is 54.8 Å². The molecule has 2 aromatic carbocycles. The van der Waals surface area contributed by atoms with Gasteiger partial charge in [0.25, 0.3) is 0 Å². The third-order valence-corrected chi connectivity index (χ3v) is 3.64. The predicted octanol–water partition coefficient (Wildman–Crippen LogP) is 3.54. The number of carbonyl (C=O) groups excluding carboxylic acids is 1. The smallest absolute Gasteiger partial charge is 0.349 e. The molecule has 7 heteroatoms. The molecule has 0 saturated heterocycles. The minimum atomic E-state index is -0.588. The average Bonchev–Trinajstić information content (AvgIpc) is 2.61. The molecule has 0 spiro atoms. The zero-order valence-electron chi connectivity index (χ0n) is 14.7. The molecule has 136 valence electrons. The van der Waals surface area contributed by atoms with Crippen LogP contribution in [0.3, 0.4) is 0 Å². The number of aryl methyl sites for hydroxylation is 2. The minimum absolute atomic E-state index is 0.208. The molecular formula is C19H19NO6. The highest BCUT2D eigenvalue weighted by molar-refractivity contribution is 5.75. The summed E-state index contributed by atoms with van der Waals surface area (Å²) in [5.41, 5.74) is 2.75. The fourth-order valence-electron chi connectivity index (χ4n) is 2.12. The second kappa shape index (κ2) is 8.66. The van der Waals surface area contributed by atoms with Gasteiger partial charge in [0.15, 0.2) is 18.1 Å². The molecule has 0 N–H and O–H groups in total. The quantitative estimate of drug-likeness (QED) is 0.326. The molecule has 0 aliphatic heterocycles.